The van der Waals surface area contributed by atoms with Crippen molar-refractivity contribution in [2.24, 2.45) is 5.92 Å². The number of methoxy groups -OCH3 is 1. The fourth-order valence-corrected chi connectivity index (χ4v) is 3.06. The maximum atomic E-state index is 12.4. The molecule has 0 spiro atoms. The summed E-state index contributed by atoms with van der Waals surface area (Å²) in [6.07, 6.45) is 3.63. The van der Waals surface area contributed by atoms with Gasteiger partial charge in [-0.25, -0.2) is 0 Å². The number of benzene rings is 1. The molecule has 1 amide bonds. The third-order valence-corrected chi connectivity index (χ3v) is 4.69. The largest absolute Gasteiger partial charge is 0.493 e. The van der Waals surface area contributed by atoms with Crippen LogP contribution in [0.25, 0.3) is 0 Å². The van der Waals surface area contributed by atoms with E-state index in [1.54, 1.807) is 7.11 Å². The van der Waals surface area contributed by atoms with Crippen LogP contribution in [0.5, 0.6) is 11.5 Å². The Labute approximate surface area is 145 Å². The summed E-state index contributed by atoms with van der Waals surface area (Å²) in [7, 11) is 3.77. The first-order chi connectivity index (χ1) is 11.6. The second-order valence-electron chi connectivity index (χ2n) is 6.49. The lowest BCUT2D eigenvalue weighted by Crippen LogP contribution is -2.39. The number of ether oxygens (including phenoxy) is 2. The molecule has 1 fully saturated rings. The van der Waals surface area contributed by atoms with Crippen LogP contribution < -0.4 is 14.8 Å². The third-order valence-electron chi connectivity index (χ3n) is 4.69. The molecule has 1 aliphatic rings. The van der Waals surface area contributed by atoms with E-state index >= 15 is 0 Å². The second-order valence-corrected chi connectivity index (χ2v) is 6.49. The van der Waals surface area contributed by atoms with Crippen molar-refractivity contribution >= 4 is 5.91 Å². The molecule has 0 saturated carbocycles. The fraction of sp³-hybridized carbons (Fsp3) is 0.632. The van der Waals surface area contributed by atoms with Crippen molar-refractivity contribution in [1.29, 1.82) is 0 Å². The molecule has 1 saturated heterocycles. The standard InChI is InChI=1S/C19H30N2O3/c1-4-16(24-18-8-6-5-7-17(18)23-3)19(22)20-12-9-15-10-13-21(2)14-11-15/h5-8,15-16H,4,9-14H2,1-3H3,(H,20,22)/t16-/m1/s1. The Bertz CT molecular complexity index is 513. The number of nitrogens with one attached hydrogen (secondary N) is 1. The molecule has 1 heterocycles. The van der Waals surface area contributed by atoms with E-state index in [0.29, 0.717) is 17.9 Å². The molecule has 0 aromatic heterocycles. The molecule has 0 aliphatic carbocycles. The molecule has 2 rings (SSSR count). The van der Waals surface area contributed by atoms with E-state index in [0.717, 1.165) is 32.0 Å². The number of hydrogen-bond acceptors (Lipinski definition) is 4. The minimum Gasteiger partial charge on any atom is -0.493 e. The Morgan fingerprint density at radius 3 is 2.58 bits per heavy atom. The van der Waals surface area contributed by atoms with Crippen LogP contribution in [0.4, 0.5) is 0 Å². The Morgan fingerprint density at radius 2 is 1.96 bits per heavy atom. The molecule has 0 unspecified atom stereocenters. The quantitative estimate of drug-likeness (QED) is 0.794. The van der Waals surface area contributed by atoms with Gasteiger partial charge in [-0.05, 0) is 63.9 Å². The van der Waals surface area contributed by atoms with Gasteiger partial charge in [-0.1, -0.05) is 19.1 Å². The summed E-state index contributed by atoms with van der Waals surface area (Å²) in [5.41, 5.74) is 0. The predicted octanol–water partition coefficient (Wildman–Crippen LogP) is 2.70. The van der Waals surface area contributed by atoms with Crippen LogP contribution >= 0.6 is 0 Å². The first kappa shape index (κ1) is 18.6. The van der Waals surface area contributed by atoms with E-state index in [2.05, 4.69) is 17.3 Å². The van der Waals surface area contributed by atoms with Crippen LogP contribution in [-0.4, -0.2) is 50.7 Å². The molecule has 1 aromatic carbocycles. The summed E-state index contributed by atoms with van der Waals surface area (Å²) in [4.78, 5) is 14.8. The molecule has 1 atom stereocenters. The van der Waals surface area contributed by atoms with Crippen molar-refractivity contribution in [2.75, 3.05) is 33.8 Å². The minimum atomic E-state index is -0.487. The maximum absolute atomic E-state index is 12.4. The Kier molecular flexibility index (Phi) is 7.37. The van der Waals surface area contributed by atoms with Crippen LogP contribution in [0.1, 0.15) is 32.6 Å². The van der Waals surface area contributed by atoms with Gasteiger partial charge in [-0.3, -0.25) is 4.79 Å². The van der Waals surface area contributed by atoms with E-state index in [1.165, 1.54) is 12.8 Å². The molecule has 0 radical (unpaired) electrons. The summed E-state index contributed by atoms with van der Waals surface area (Å²) in [5, 5.41) is 3.03. The molecular weight excluding hydrogens is 304 g/mol. The monoisotopic (exact) mass is 334 g/mol. The Balaban J connectivity index is 1.79. The zero-order valence-corrected chi connectivity index (χ0v) is 15.1. The lowest BCUT2D eigenvalue weighted by atomic mass is 9.94. The van der Waals surface area contributed by atoms with E-state index in [4.69, 9.17) is 9.47 Å². The zero-order chi connectivity index (χ0) is 17.4. The van der Waals surface area contributed by atoms with Gasteiger partial charge < -0.3 is 19.7 Å². The number of piperidine rings is 1. The topological polar surface area (TPSA) is 50.8 Å². The molecule has 0 bridgehead atoms. The number of rotatable bonds is 8. The minimum absolute atomic E-state index is 0.0451. The maximum Gasteiger partial charge on any atom is 0.261 e. The van der Waals surface area contributed by atoms with Gasteiger partial charge in [0.2, 0.25) is 0 Å². The summed E-state index contributed by atoms with van der Waals surface area (Å²) in [6.45, 7) is 5.00. The Hall–Kier alpha value is -1.75. The van der Waals surface area contributed by atoms with Gasteiger partial charge in [0.15, 0.2) is 17.6 Å². The predicted molar refractivity (Wildman–Crippen MR) is 95.5 cm³/mol. The average Bonchev–Trinajstić information content (AvgIpc) is 2.61. The van der Waals surface area contributed by atoms with Gasteiger partial charge in [-0.15, -0.1) is 0 Å². The van der Waals surface area contributed by atoms with E-state index in [1.807, 2.05) is 31.2 Å². The van der Waals surface area contributed by atoms with Gasteiger partial charge in [0.25, 0.3) is 5.91 Å². The Morgan fingerprint density at radius 1 is 1.29 bits per heavy atom. The van der Waals surface area contributed by atoms with Gasteiger partial charge in [-0.2, -0.15) is 0 Å². The number of carbonyl (C=O) groups excluding carboxylic acids is 1. The number of hydrogen-bond donors (Lipinski definition) is 1. The lowest BCUT2D eigenvalue weighted by molar-refractivity contribution is -0.128. The smallest absolute Gasteiger partial charge is 0.261 e. The highest BCUT2D eigenvalue weighted by atomic mass is 16.5. The van der Waals surface area contributed by atoms with Crippen LogP contribution in [0.15, 0.2) is 24.3 Å². The van der Waals surface area contributed by atoms with Gasteiger partial charge in [0.1, 0.15) is 0 Å². The molecule has 24 heavy (non-hydrogen) atoms. The van der Waals surface area contributed by atoms with Crippen molar-refractivity contribution < 1.29 is 14.3 Å². The van der Waals surface area contributed by atoms with Crippen molar-refractivity contribution in [3.63, 3.8) is 0 Å². The molecule has 134 valence electrons. The molecule has 1 aromatic rings. The summed E-state index contributed by atoms with van der Waals surface area (Å²) in [6, 6.07) is 7.42. The zero-order valence-electron chi connectivity index (χ0n) is 15.1. The molecule has 5 nitrogen and oxygen atoms in total. The fourth-order valence-electron chi connectivity index (χ4n) is 3.06. The van der Waals surface area contributed by atoms with Crippen molar-refractivity contribution in [3.8, 4) is 11.5 Å². The summed E-state index contributed by atoms with van der Waals surface area (Å²) in [5.74, 6) is 1.93. The third kappa shape index (κ3) is 5.41. The number of nitrogens with zero attached hydrogens (tertiary/aromatic N) is 1. The number of likely N-dealkylation sites (tertiary alicyclic amines) is 1. The molecule has 5 heteroatoms. The highest BCUT2D eigenvalue weighted by molar-refractivity contribution is 5.81. The molecule has 1 N–H and O–H groups in total. The lowest BCUT2D eigenvalue weighted by Gasteiger charge is -2.29. The van der Waals surface area contributed by atoms with Crippen LogP contribution in [-0.2, 0) is 4.79 Å². The average molecular weight is 334 g/mol. The number of para-hydroxylation sites is 2. The first-order valence-electron chi connectivity index (χ1n) is 8.90. The summed E-state index contributed by atoms with van der Waals surface area (Å²) < 4.78 is 11.1. The number of carbonyl (C=O) groups is 1. The van der Waals surface area contributed by atoms with Crippen molar-refractivity contribution in [1.82, 2.24) is 10.2 Å². The normalized spacial score (nSPS) is 17.3. The van der Waals surface area contributed by atoms with E-state index < -0.39 is 6.10 Å². The first-order valence-corrected chi connectivity index (χ1v) is 8.90. The molecule has 1 aliphatic heterocycles. The van der Waals surface area contributed by atoms with Gasteiger partial charge >= 0.3 is 0 Å². The molecular formula is C19H30N2O3. The van der Waals surface area contributed by atoms with E-state index in [9.17, 15) is 4.79 Å². The highest BCUT2D eigenvalue weighted by Crippen LogP contribution is 2.27. The highest BCUT2D eigenvalue weighted by Gasteiger charge is 2.21. The summed E-state index contributed by atoms with van der Waals surface area (Å²) >= 11 is 0. The number of amides is 1. The van der Waals surface area contributed by atoms with E-state index in [-0.39, 0.29) is 5.91 Å². The van der Waals surface area contributed by atoms with Crippen LogP contribution in [0, 0.1) is 5.92 Å². The van der Waals surface area contributed by atoms with Crippen molar-refractivity contribution in [3.05, 3.63) is 24.3 Å². The second kappa shape index (κ2) is 9.52. The van der Waals surface area contributed by atoms with Gasteiger partial charge in [0, 0.05) is 6.54 Å². The van der Waals surface area contributed by atoms with Crippen molar-refractivity contribution in [2.45, 2.75) is 38.7 Å². The van der Waals surface area contributed by atoms with Gasteiger partial charge in [0.05, 0.1) is 7.11 Å². The van der Waals surface area contributed by atoms with Crippen LogP contribution in [0.2, 0.25) is 0 Å². The van der Waals surface area contributed by atoms with Crippen LogP contribution in [0.3, 0.4) is 0 Å². The SMILES string of the molecule is CC[C@@H](Oc1ccccc1OC)C(=O)NCCC1CCN(C)CC1.